The summed E-state index contributed by atoms with van der Waals surface area (Å²) in [7, 11) is -5.44. The van der Waals surface area contributed by atoms with E-state index in [9.17, 15) is 0 Å². The van der Waals surface area contributed by atoms with Crippen LogP contribution >= 0.6 is 12.2 Å². The monoisotopic (exact) mass is 295 g/mol. The van der Waals surface area contributed by atoms with Crippen LogP contribution in [0.5, 0.6) is 0 Å². The summed E-state index contributed by atoms with van der Waals surface area (Å²) in [6, 6.07) is 0. The Hall–Kier alpha value is 0.0738. The Morgan fingerprint density at radius 1 is 1.00 bits per heavy atom. The average Bonchev–Trinajstić information content (AvgIpc) is 2.17. The van der Waals surface area contributed by atoms with Gasteiger partial charge in [0.1, 0.15) is 0 Å². The second-order valence-corrected chi connectivity index (χ2v) is 8.97. The molecule has 0 rings (SSSR count). The largest absolute Gasteiger partial charge is 0.490 e. The molecule has 1 unspecified atom stereocenters. The number of thiocarbonyl (C=S) groups is 1. The molecule has 5 nitrogen and oxygen atoms in total. The highest BCUT2D eigenvalue weighted by Crippen LogP contribution is 2.19. The molecule has 100 valence electrons. The fourth-order valence-electron chi connectivity index (χ4n) is 1.40. The predicted octanol–water partition coefficient (Wildman–Crippen LogP) is 2.35. The molecular formula is C9H21NO4SSi2. The first-order valence-corrected chi connectivity index (χ1v) is 10.6. The first-order chi connectivity index (χ1) is 7.95. The summed E-state index contributed by atoms with van der Waals surface area (Å²) in [5, 5.41) is 2.33. The number of isothiocyanates is 1. The molecule has 0 aliphatic heterocycles. The van der Waals surface area contributed by atoms with E-state index in [4.69, 9.17) is 17.4 Å². The number of hydrogen-bond donors (Lipinski definition) is 0. The third-order valence-corrected chi connectivity index (χ3v) is 8.07. The van der Waals surface area contributed by atoms with E-state index >= 15 is 0 Å². The molecule has 0 aromatic rings. The molecular weight excluding hydrogens is 274 g/mol. The average molecular weight is 296 g/mol. The molecule has 0 amide bonds. The van der Waals surface area contributed by atoms with Gasteiger partial charge < -0.3 is 17.4 Å². The van der Waals surface area contributed by atoms with Crippen LogP contribution < -0.4 is 0 Å². The summed E-state index contributed by atoms with van der Waals surface area (Å²) in [6.07, 6.45) is 0. The molecule has 17 heavy (non-hydrogen) atoms. The highest BCUT2D eigenvalue weighted by Gasteiger charge is 2.46. The lowest BCUT2D eigenvalue weighted by atomic mass is 10.9. The van der Waals surface area contributed by atoms with Gasteiger partial charge in [-0.3, -0.25) is 0 Å². The second-order valence-electron chi connectivity index (χ2n) is 3.36. The number of nitrogens with zero attached hydrogens (tertiary/aromatic N) is 1. The Morgan fingerprint density at radius 2 is 1.47 bits per heavy atom. The Balaban J connectivity index is 4.84. The number of rotatable bonds is 9. The quantitative estimate of drug-likeness (QED) is 0.371. The lowest BCUT2D eigenvalue weighted by Crippen LogP contribution is -2.53. The van der Waals surface area contributed by atoms with Gasteiger partial charge in [-0.1, -0.05) is 0 Å². The fraction of sp³-hybridized carbons (Fsp3) is 0.889. The topological polar surface area (TPSA) is 49.3 Å². The van der Waals surface area contributed by atoms with Crippen LogP contribution in [0.25, 0.3) is 0 Å². The van der Waals surface area contributed by atoms with Crippen molar-refractivity contribution in [2.24, 2.45) is 4.66 Å². The van der Waals surface area contributed by atoms with E-state index in [1.807, 2.05) is 27.3 Å². The van der Waals surface area contributed by atoms with Gasteiger partial charge in [0.2, 0.25) is 0 Å². The van der Waals surface area contributed by atoms with E-state index in [-0.39, 0.29) is 0 Å². The molecule has 0 aliphatic rings. The van der Waals surface area contributed by atoms with Gasteiger partial charge >= 0.3 is 17.5 Å². The van der Waals surface area contributed by atoms with Gasteiger partial charge in [0.15, 0.2) is 0 Å². The van der Waals surface area contributed by atoms with E-state index in [0.29, 0.717) is 19.8 Å². The second kappa shape index (κ2) is 8.22. The third-order valence-electron chi connectivity index (χ3n) is 1.85. The first-order valence-electron chi connectivity index (χ1n) is 5.66. The van der Waals surface area contributed by atoms with E-state index in [0.717, 1.165) is 0 Å². The van der Waals surface area contributed by atoms with Crippen molar-refractivity contribution >= 4 is 34.9 Å². The number of hydrogen-bond acceptors (Lipinski definition) is 6. The molecule has 0 aromatic carbocycles. The van der Waals surface area contributed by atoms with Crippen molar-refractivity contribution in [3.8, 4) is 0 Å². The first kappa shape index (κ1) is 17.1. The van der Waals surface area contributed by atoms with Crippen LogP contribution in [0, 0.1) is 0 Å². The molecule has 0 saturated heterocycles. The van der Waals surface area contributed by atoms with Gasteiger partial charge in [-0.05, 0) is 33.0 Å². The van der Waals surface area contributed by atoms with Crippen molar-refractivity contribution in [2.45, 2.75) is 33.9 Å². The molecule has 8 heteroatoms. The molecule has 0 radical (unpaired) electrons. The zero-order chi connectivity index (χ0) is 13.4. The van der Waals surface area contributed by atoms with Gasteiger partial charge in [-0.15, -0.1) is 0 Å². The lowest BCUT2D eigenvalue weighted by molar-refractivity contribution is 0.102. The van der Waals surface area contributed by atoms with Gasteiger partial charge in [-0.25, -0.2) is 4.66 Å². The molecule has 0 aromatic heterocycles. The van der Waals surface area contributed by atoms with Crippen LogP contribution in [0.4, 0.5) is 0 Å². The summed E-state index contributed by atoms with van der Waals surface area (Å²) in [5.74, 6) is 0. The van der Waals surface area contributed by atoms with Crippen molar-refractivity contribution in [2.75, 3.05) is 19.8 Å². The summed E-state index contributed by atoms with van der Waals surface area (Å²) in [5.41, 5.74) is 0. The minimum atomic E-state index is -2.74. The molecule has 1 atom stereocenters. The summed E-state index contributed by atoms with van der Waals surface area (Å²) < 4.78 is 26.7. The van der Waals surface area contributed by atoms with Crippen molar-refractivity contribution in [1.82, 2.24) is 0 Å². The highest BCUT2D eigenvalue weighted by molar-refractivity contribution is 7.78. The Bertz CT molecular complexity index is 270. The molecule has 0 bridgehead atoms. The summed E-state index contributed by atoms with van der Waals surface area (Å²) in [6.45, 7) is 10.9. The van der Waals surface area contributed by atoms with E-state index in [1.165, 1.54) is 0 Å². The lowest BCUT2D eigenvalue weighted by Gasteiger charge is -2.31. The maximum Gasteiger partial charge on any atom is 0.490 e. The van der Waals surface area contributed by atoms with Crippen LogP contribution in [-0.4, -0.2) is 42.5 Å². The predicted molar refractivity (Wildman–Crippen MR) is 74.2 cm³/mol. The Kier molecular flexibility index (Phi) is 8.26. The van der Waals surface area contributed by atoms with Crippen LogP contribution in [0.1, 0.15) is 20.8 Å². The van der Waals surface area contributed by atoms with E-state index in [2.05, 4.69) is 22.0 Å². The normalized spacial score (nSPS) is 15.1. The Labute approximate surface area is 111 Å². The molecule has 0 N–H and O–H groups in total. The van der Waals surface area contributed by atoms with Gasteiger partial charge in [0.05, 0.1) is 5.16 Å². The van der Waals surface area contributed by atoms with Gasteiger partial charge in [0.25, 0.3) is 0 Å². The molecule has 0 spiro atoms. The zero-order valence-electron chi connectivity index (χ0n) is 11.1. The minimum Gasteiger partial charge on any atom is -0.378 e. The summed E-state index contributed by atoms with van der Waals surface area (Å²) >= 11 is 4.62. The highest BCUT2D eigenvalue weighted by atomic mass is 32.1. The van der Waals surface area contributed by atoms with Crippen LogP contribution in [0.15, 0.2) is 4.66 Å². The van der Waals surface area contributed by atoms with Crippen LogP contribution in [-0.2, 0) is 17.4 Å². The smallest absolute Gasteiger partial charge is 0.378 e. The fourth-order valence-corrected chi connectivity index (χ4v) is 7.44. The van der Waals surface area contributed by atoms with Gasteiger partial charge in [-0.2, -0.15) is 0 Å². The van der Waals surface area contributed by atoms with Crippen molar-refractivity contribution in [3.63, 3.8) is 0 Å². The SMILES string of the molecule is CCO[Si](C)(N=C=S)O[Si](C)(OCC)OCC. The minimum absolute atomic E-state index is 0.506. The van der Waals surface area contributed by atoms with E-state index < -0.39 is 17.5 Å². The summed E-state index contributed by atoms with van der Waals surface area (Å²) in [4.78, 5) is 0. The Morgan fingerprint density at radius 3 is 1.82 bits per heavy atom. The van der Waals surface area contributed by atoms with Crippen LogP contribution in [0.3, 0.4) is 0 Å². The standard InChI is InChI=1S/C9H21NO4SSi2/c1-6-11-16(4,10-9-15)14-17(5,12-7-2)13-8-3/h6-8H2,1-5H3. The van der Waals surface area contributed by atoms with Crippen LogP contribution in [0.2, 0.25) is 13.1 Å². The molecule has 0 saturated carbocycles. The molecule has 0 heterocycles. The zero-order valence-corrected chi connectivity index (χ0v) is 13.9. The van der Waals surface area contributed by atoms with Crippen molar-refractivity contribution in [3.05, 3.63) is 0 Å². The maximum absolute atomic E-state index is 5.90. The molecule has 0 aliphatic carbocycles. The van der Waals surface area contributed by atoms with E-state index in [1.54, 1.807) is 6.55 Å². The van der Waals surface area contributed by atoms with Gasteiger partial charge in [0, 0.05) is 32.9 Å². The third kappa shape index (κ3) is 6.53. The maximum atomic E-state index is 5.90. The van der Waals surface area contributed by atoms with Crippen molar-refractivity contribution < 1.29 is 17.4 Å². The van der Waals surface area contributed by atoms with Crippen molar-refractivity contribution in [1.29, 1.82) is 0 Å². The molecule has 0 fully saturated rings.